The highest BCUT2D eigenvalue weighted by Gasteiger charge is 2.16. The number of nitrogens with zero attached hydrogens (tertiary/aromatic N) is 2. The molecule has 0 unspecified atom stereocenters. The normalized spacial score (nSPS) is 11.7. The van der Waals surface area contributed by atoms with Crippen molar-refractivity contribution in [2.75, 3.05) is 4.90 Å². The van der Waals surface area contributed by atoms with E-state index in [4.69, 9.17) is 4.42 Å². The van der Waals surface area contributed by atoms with Crippen molar-refractivity contribution in [2.24, 2.45) is 0 Å². The van der Waals surface area contributed by atoms with Crippen LogP contribution in [-0.4, -0.2) is 4.98 Å². The predicted octanol–water partition coefficient (Wildman–Crippen LogP) is 14.3. The Kier molecular flexibility index (Phi) is 6.86. The summed E-state index contributed by atoms with van der Waals surface area (Å²) in [5.74, 6) is 0. The van der Waals surface area contributed by atoms with E-state index >= 15 is 0 Å². The number of hydrogen-bond donors (Lipinski definition) is 0. The molecule has 0 bridgehead atoms. The zero-order valence-electron chi connectivity index (χ0n) is 29.3. The highest BCUT2D eigenvalue weighted by Crippen LogP contribution is 2.42. The van der Waals surface area contributed by atoms with Gasteiger partial charge in [0, 0.05) is 40.2 Å². The third kappa shape index (κ3) is 5.02. The Labute approximate surface area is 312 Å². The number of rotatable bonds is 6. The van der Waals surface area contributed by atoms with Crippen LogP contribution >= 0.6 is 0 Å². The van der Waals surface area contributed by atoms with Crippen molar-refractivity contribution in [1.82, 2.24) is 4.98 Å². The molecule has 3 nitrogen and oxygen atoms in total. The highest BCUT2D eigenvalue weighted by atomic mass is 16.3. The van der Waals surface area contributed by atoms with Crippen molar-refractivity contribution in [3.8, 4) is 33.4 Å². The van der Waals surface area contributed by atoms with Gasteiger partial charge in [-0.25, -0.2) is 0 Å². The Hall–Kier alpha value is -7.23. The third-order valence-corrected chi connectivity index (χ3v) is 10.8. The van der Waals surface area contributed by atoms with Crippen LogP contribution in [0.1, 0.15) is 0 Å². The third-order valence-electron chi connectivity index (χ3n) is 10.8. The van der Waals surface area contributed by atoms with Gasteiger partial charge < -0.3 is 9.32 Å². The molecule has 11 rings (SSSR count). The lowest BCUT2D eigenvalue weighted by Crippen LogP contribution is -2.09. The predicted molar refractivity (Wildman–Crippen MR) is 226 cm³/mol. The summed E-state index contributed by atoms with van der Waals surface area (Å²) in [4.78, 5) is 6.61. The first kappa shape index (κ1) is 30.4. The fraction of sp³-hybridized carbons (Fsp3) is 0. The van der Waals surface area contributed by atoms with Gasteiger partial charge in [0.1, 0.15) is 11.2 Å². The number of furan rings is 1. The monoisotopic (exact) mass is 688 g/mol. The van der Waals surface area contributed by atoms with Crippen LogP contribution in [-0.2, 0) is 0 Å². The van der Waals surface area contributed by atoms with E-state index in [0.29, 0.717) is 0 Å². The zero-order valence-corrected chi connectivity index (χ0v) is 29.3. The summed E-state index contributed by atoms with van der Waals surface area (Å²) < 4.78 is 6.23. The molecular weight excluding hydrogens is 657 g/mol. The number of anilines is 3. The van der Waals surface area contributed by atoms with Crippen molar-refractivity contribution < 1.29 is 4.42 Å². The van der Waals surface area contributed by atoms with Gasteiger partial charge in [0.15, 0.2) is 0 Å². The maximum atomic E-state index is 6.23. The molecule has 9 aromatic carbocycles. The summed E-state index contributed by atoms with van der Waals surface area (Å²) in [5, 5.41) is 9.93. The SMILES string of the molecule is c1ccc(N(c2ccc(-c3cccnc3)cc2)c2ccc(-c3cc4ccc5cc(-c6ccc7c(c6)oc6ccccc67)cc6ccc(c3)c4c56)cc2)cc1. The Morgan fingerprint density at radius 1 is 0.352 bits per heavy atom. The molecule has 0 aliphatic carbocycles. The topological polar surface area (TPSA) is 29.3 Å². The van der Waals surface area contributed by atoms with E-state index in [1.54, 1.807) is 0 Å². The van der Waals surface area contributed by atoms with E-state index in [1.807, 2.05) is 30.6 Å². The molecule has 2 heterocycles. The Bertz CT molecular complexity index is 3060. The zero-order chi connectivity index (χ0) is 35.6. The minimum atomic E-state index is 0.919. The standard InChI is InChI=1S/C51H32N2O/c1-2-8-43(9-3-1)53(44-21-16-33(17-22-44)40-7-6-26-52-32-40)45-23-18-34(19-24-45)41-27-36-12-14-38-29-42(30-39-15-13-37(28-41)50(36)51(38)39)35-20-25-47-46-10-4-5-11-48(46)54-49(47)31-35/h1-32H. The fourth-order valence-corrected chi connectivity index (χ4v) is 8.24. The average Bonchev–Trinajstić information content (AvgIpc) is 3.62. The summed E-state index contributed by atoms with van der Waals surface area (Å²) in [6, 6.07) is 65.5. The van der Waals surface area contributed by atoms with Crippen LogP contribution in [0.2, 0.25) is 0 Å². The molecule has 3 heteroatoms. The van der Waals surface area contributed by atoms with Gasteiger partial charge >= 0.3 is 0 Å². The molecule has 0 atom stereocenters. The van der Waals surface area contributed by atoms with Crippen molar-refractivity contribution >= 4 is 71.3 Å². The summed E-state index contributed by atoms with van der Waals surface area (Å²) in [5.41, 5.74) is 12.2. The molecule has 252 valence electrons. The van der Waals surface area contributed by atoms with E-state index < -0.39 is 0 Å². The number of pyridine rings is 1. The molecule has 0 spiro atoms. The van der Waals surface area contributed by atoms with Crippen LogP contribution in [0.4, 0.5) is 17.1 Å². The molecule has 0 saturated carbocycles. The molecule has 2 aromatic heterocycles. The maximum absolute atomic E-state index is 6.23. The first-order valence-electron chi connectivity index (χ1n) is 18.3. The highest BCUT2D eigenvalue weighted by molar-refractivity contribution is 6.24. The van der Waals surface area contributed by atoms with Gasteiger partial charge in [0.25, 0.3) is 0 Å². The second-order valence-corrected chi connectivity index (χ2v) is 14.0. The molecule has 11 aromatic rings. The van der Waals surface area contributed by atoms with E-state index in [0.717, 1.165) is 55.7 Å². The van der Waals surface area contributed by atoms with Crippen molar-refractivity contribution in [3.63, 3.8) is 0 Å². The van der Waals surface area contributed by atoms with Crippen molar-refractivity contribution in [1.29, 1.82) is 0 Å². The summed E-state index contributed by atoms with van der Waals surface area (Å²) in [7, 11) is 0. The first-order valence-corrected chi connectivity index (χ1v) is 18.3. The minimum Gasteiger partial charge on any atom is -0.456 e. The molecule has 54 heavy (non-hydrogen) atoms. The van der Waals surface area contributed by atoms with Crippen LogP contribution in [0.3, 0.4) is 0 Å². The van der Waals surface area contributed by atoms with Gasteiger partial charge in [0.2, 0.25) is 0 Å². The summed E-state index contributed by atoms with van der Waals surface area (Å²) in [6.07, 6.45) is 3.71. The average molecular weight is 689 g/mol. The first-order chi connectivity index (χ1) is 26.7. The van der Waals surface area contributed by atoms with Crippen LogP contribution in [0.5, 0.6) is 0 Å². The number of hydrogen-bond acceptors (Lipinski definition) is 3. The van der Waals surface area contributed by atoms with Gasteiger partial charge in [0.05, 0.1) is 0 Å². The molecular formula is C51H32N2O. The molecule has 0 N–H and O–H groups in total. The van der Waals surface area contributed by atoms with Crippen molar-refractivity contribution in [3.05, 3.63) is 194 Å². The van der Waals surface area contributed by atoms with Gasteiger partial charge in [-0.15, -0.1) is 0 Å². The van der Waals surface area contributed by atoms with Crippen LogP contribution in [0.15, 0.2) is 199 Å². The summed E-state index contributed by atoms with van der Waals surface area (Å²) in [6.45, 7) is 0. The largest absolute Gasteiger partial charge is 0.456 e. The molecule has 0 amide bonds. The molecule has 0 aliphatic heterocycles. The lowest BCUT2D eigenvalue weighted by atomic mass is 9.89. The Balaban J connectivity index is 0.945. The van der Waals surface area contributed by atoms with E-state index in [-0.39, 0.29) is 0 Å². The lowest BCUT2D eigenvalue weighted by molar-refractivity contribution is 0.669. The fourth-order valence-electron chi connectivity index (χ4n) is 8.24. The Morgan fingerprint density at radius 2 is 0.870 bits per heavy atom. The quantitative estimate of drug-likeness (QED) is 0.163. The second-order valence-electron chi connectivity index (χ2n) is 14.0. The number of benzene rings is 9. The van der Waals surface area contributed by atoms with Crippen LogP contribution in [0.25, 0.3) is 87.6 Å². The van der Waals surface area contributed by atoms with Gasteiger partial charge in [-0.05, 0) is 151 Å². The molecule has 0 saturated heterocycles. The van der Waals surface area contributed by atoms with Crippen LogP contribution < -0.4 is 4.90 Å². The second kappa shape index (κ2) is 12.2. The molecule has 0 radical (unpaired) electrons. The van der Waals surface area contributed by atoms with Crippen LogP contribution in [0, 0.1) is 0 Å². The number of para-hydroxylation sites is 2. The maximum Gasteiger partial charge on any atom is 0.136 e. The number of fused-ring (bicyclic) bond motifs is 3. The molecule has 0 aliphatic rings. The Morgan fingerprint density at radius 3 is 1.48 bits per heavy atom. The number of aromatic nitrogens is 1. The van der Waals surface area contributed by atoms with E-state index in [9.17, 15) is 0 Å². The van der Waals surface area contributed by atoms with Gasteiger partial charge in [-0.3, -0.25) is 4.98 Å². The van der Waals surface area contributed by atoms with E-state index in [1.165, 1.54) is 49.0 Å². The molecule has 0 fully saturated rings. The van der Waals surface area contributed by atoms with Gasteiger partial charge in [-0.2, -0.15) is 0 Å². The van der Waals surface area contributed by atoms with Crippen molar-refractivity contribution in [2.45, 2.75) is 0 Å². The lowest BCUT2D eigenvalue weighted by Gasteiger charge is -2.26. The minimum absolute atomic E-state index is 0.919. The smallest absolute Gasteiger partial charge is 0.136 e. The van der Waals surface area contributed by atoms with Gasteiger partial charge in [-0.1, -0.05) is 97.1 Å². The summed E-state index contributed by atoms with van der Waals surface area (Å²) >= 11 is 0. The van der Waals surface area contributed by atoms with E-state index in [2.05, 4.69) is 174 Å².